The SMILES string of the molecule is CCSc1c(Cl)c(Cl)c(Sc2c(Cl)c(Cl)c(SCC)c(Cl)c2Cl)c(Cl)c1Cl. The first-order chi connectivity index (χ1) is 12.7. The molecule has 2 aromatic carbocycles. The maximum atomic E-state index is 6.46. The number of hydrogen-bond acceptors (Lipinski definition) is 3. The first-order valence-electron chi connectivity index (χ1n) is 7.32. The van der Waals surface area contributed by atoms with Crippen LogP contribution in [0.3, 0.4) is 0 Å². The Morgan fingerprint density at radius 3 is 0.889 bits per heavy atom. The summed E-state index contributed by atoms with van der Waals surface area (Å²) in [5, 5.41) is 2.34. The molecule has 0 aliphatic heterocycles. The van der Waals surface area contributed by atoms with Crippen LogP contribution in [0.5, 0.6) is 0 Å². The largest absolute Gasteiger partial charge is 0.123 e. The fourth-order valence-electron chi connectivity index (χ4n) is 2.01. The zero-order valence-electron chi connectivity index (χ0n) is 13.7. The van der Waals surface area contributed by atoms with Gasteiger partial charge in [-0.2, -0.15) is 0 Å². The second-order valence-electron chi connectivity index (χ2n) is 4.80. The molecular formula is C16H10Cl8S3. The van der Waals surface area contributed by atoms with Crippen molar-refractivity contribution in [3.63, 3.8) is 0 Å². The summed E-state index contributed by atoms with van der Waals surface area (Å²) in [5.41, 5.74) is 0. The Hall–Kier alpha value is 1.81. The van der Waals surface area contributed by atoms with E-state index < -0.39 is 0 Å². The van der Waals surface area contributed by atoms with Crippen LogP contribution in [0.25, 0.3) is 0 Å². The third kappa shape index (κ3) is 5.18. The highest BCUT2D eigenvalue weighted by molar-refractivity contribution is 8.00. The number of hydrogen-bond donors (Lipinski definition) is 0. The summed E-state index contributed by atoms with van der Waals surface area (Å²) in [5.74, 6) is 1.52. The number of thioether (sulfide) groups is 2. The molecule has 0 saturated heterocycles. The lowest BCUT2D eigenvalue weighted by Gasteiger charge is -2.18. The maximum absolute atomic E-state index is 6.46. The molecule has 0 radical (unpaired) electrons. The molecule has 0 aromatic heterocycles. The van der Waals surface area contributed by atoms with Crippen molar-refractivity contribution in [1.82, 2.24) is 0 Å². The zero-order chi connectivity index (χ0) is 20.5. The van der Waals surface area contributed by atoms with Gasteiger partial charge >= 0.3 is 0 Å². The van der Waals surface area contributed by atoms with Crippen LogP contribution >= 0.6 is 128 Å². The average Bonchev–Trinajstić information content (AvgIpc) is 2.65. The summed E-state index contributed by atoms with van der Waals surface area (Å²) < 4.78 is 0. The van der Waals surface area contributed by atoms with E-state index in [4.69, 9.17) is 92.8 Å². The molecule has 0 heterocycles. The highest BCUT2D eigenvalue weighted by Gasteiger charge is 2.26. The smallest absolute Gasteiger partial charge is 0.0759 e. The first kappa shape index (κ1) is 25.1. The Morgan fingerprint density at radius 1 is 0.444 bits per heavy atom. The summed E-state index contributed by atoms with van der Waals surface area (Å²) in [4.78, 5) is 2.12. The Bertz CT molecular complexity index is 755. The molecule has 0 saturated carbocycles. The third-order valence-electron chi connectivity index (χ3n) is 3.15. The first-order valence-corrected chi connectivity index (χ1v) is 13.1. The number of benzene rings is 2. The van der Waals surface area contributed by atoms with E-state index in [1.165, 1.54) is 23.5 Å². The highest BCUT2D eigenvalue weighted by atomic mass is 35.5. The van der Waals surface area contributed by atoms with Gasteiger partial charge in [-0.3, -0.25) is 0 Å². The molecular weight excluding hydrogens is 572 g/mol. The molecule has 0 aliphatic carbocycles. The van der Waals surface area contributed by atoms with E-state index in [2.05, 4.69) is 0 Å². The molecule has 0 spiro atoms. The van der Waals surface area contributed by atoms with Crippen LogP contribution in [0, 0.1) is 0 Å². The topological polar surface area (TPSA) is 0 Å². The minimum atomic E-state index is 0.262. The molecule has 11 heteroatoms. The standard InChI is InChI=1S/C16H10Cl8S3/c1-3-25-13-5(17)9(21)15(10(22)6(13)18)27-16-11(23)7(19)14(26-4-2)8(20)12(16)24/h3-4H2,1-2H3. The van der Waals surface area contributed by atoms with Gasteiger partial charge in [-0.05, 0) is 11.5 Å². The van der Waals surface area contributed by atoms with Gasteiger partial charge in [0.2, 0.25) is 0 Å². The zero-order valence-corrected chi connectivity index (χ0v) is 22.2. The predicted molar refractivity (Wildman–Crippen MR) is 130 cm³/mol. The summed E-state index contributed by atoms with van der Waals surface area (Å²) in [6, 6.07) is 0. The molecule has 0 nitrogen and oxygen atoms in total. The third-order valence-corrected chi connectivity index (χ3v) is 10.7. The molecule has 0 unspecified atom stereocenters. The second kappa shape index (κ2) is 10.9. The van der Waals surface area contributed by atoms with Gasteiger partial charge in [0, 0.05) is 9.79 Å². The molecule has 2 aromatic rings. The van der Waals surface area contributed by atoms with Gasteiger partial charge in [-0.25, -0.2) is 0 Å². The van der Waals surface area contributed by atoms with Crippen molar-refractivity contribution in [2.45, 2.75) is 33.4 Å². The number of rotatable bonds is 6. The lowest BCUT2D eigenvalue weighted by atomic mass is 10.3. The lowest BCUT2D eigenvalue weighted by molar-refractivity contribution is 1.31. The van der Waals surface area contributed by atoms with Crippen LogP contribution < -0.4 is 0 Å². The number of halogens is 8. The van der Waals surface area contributed by atoms with Gasteiger partial charge in [0.05, 0.1) is 50.0 Å². The summed E-state index contributed by atoms with van der Waals surface area (Å²) in [6.45, 7) is 3.95. The van der Waals surface area contributed by atoms with Crippen molar-refractivity contribution in [3.05, 3.63) is 40.2 Å². The molecule has 0 N–H and O–H groups in total. The molecule has 0 bridgehead atoms. The Kier molecular flexibility index (Phi) is 10.1. The van der Waals surface area contributed by atoms with Crippen LogP contribution in [0.1, 0.15) is 13.8 Å². The fourth-order valence-corrected chi connectivity index (χ4v) is 7.74. The lowest BCUT2D eigenvalue weighted by Crippen LogP contribution is -1.90. The van der Waals surface area contributed by atoms with E-state index in [1.54, 1.807) is 0 Å². The van der Waals surface area contributed by atoms with Crippen molar-refractivity contribution >= 4 is 128 Å². The summed E-state index contributed by atoms with van der Waals surface area (Å²) in [6.07, 6.45) is 0. The van der Waals surface area contributed by atoms with Gasteiger partial charge in [0.15, 0.2) is 0 Å². The summed E-state index contributed by atoms with van der Waals surface area (Å²) in [7, 11) is 0. The molecule has 148 valence electrons. The molecule has 2 rings (SSSR count). The van der Waals surface area contributed by atoms with Crippen molar-refractivity contribution in [3.8, 4) is 0 Å². The van der Waals surface area contributed by atoms with Crippen LogP contribution in [0.15, 0.2) is 19.6 Å². The predicted octanol–water partition coefficient (Wildman–Crippen LogP) is 11.3. The van der Waals surface area contributed by atoms with Gasteiger partial charge in [-0.1, -0.05) is 118 Å². The van der Waals surface area contributed by atoms with E-state index in [-0.39, 0.29) is 20.1 Å². The minimum absolute atomic E-state index is 0.262. The molecule has 27 heavy (non-hydrogen) atoms. The molecule has 0 fully saturated rings. The molecule has 0 atom stereocenters. The molecule has 0 aliphatic rings. The van der Waals surface area contributed by atoms with Crippen molar-refractivity contribution in [2.75, 3.05) is 11.5 Å². The van der Waals surface area contributed by atoms with Crippen molar-refractivity contribution < 1.29 is 0 Å². The van der Waals surface area contributed by atoms with Gasteiger partial charge < -0.3 is 0 Å². The van der Waals surface area contributed by atoms with Crippen LogP contribution in [0.4, 0.5) is 0 Å². The Balaban J connectivity index is 2.65. The second-order valence-corrected chi connectivity index (χ2v) is 11.4. The summed E-state index contributed by atoms with van der Waals surface area (Å²) >= 11 is 55.5. The molecule has 0 amide bonds. The van der Waals surface area contributed by atoms with Crippen LogP contribution in [-0.2, 0) is 0 Å². The highest BCUT2D eigenvalue weighted by Crippen LogP contribution is 2.55. The normalized spacial score (nSPS) is 11.3. The van der Waals surface area contributed by atoms with E-state index in [1.807, 2.05) is 13.8 Å². The van der Waals surface area contributed by atoms with E-state index in [9.17, 15) is 0 Å². The van der Waals surface area contributed by atoms with Gasteiger partial charge in [0.1, 0.15) is 0 Å². The van der Waals surface area contributed by atoms with E-state index in [0.717, 1.165) is 23.3 Å². The Morgan fingerprint density at radius 2 is 0.667 bits per heavy atom. The van der Waals surface area contributed by atoms with Crippen molar-refractivity contribution in [1.29, 1.82) is 0 Å². The van der Waals surface area contributed by atoms with Gasteiger partial charge in [0.25, 0.3) is 0 Å². The van der Waals surface area contributed by atoms with Crippen LogP contribution in [0.2, 0.25) is 40.2 Å². The van der Waals surface area contributed by atoms with Crippen LogP contribution in [-0.4, -0.2) is 11.5 Å². The monoisotopic (exact) mass is 578 g/mol. The maximum Gasteiger partial charge on any atom is 0.0759 e. The Labute approximate surface area is 211 Å². The fraction of sp³-hybridized carbons (Fsp3) is 0.250. The van der Waals surface area contributed by atoms with E-state index in [0.29, 0.717) is 39.7 Å². The van der Waals surface area contributed by atoms with E-state index >= 15 is 0 Å². The van der Waals surface area contributed by atoms with Crippen molar-refractivity contribution in [2.24, 2.45) is 0 Å². The van der Waals surface area contributed by atoms with Gasteiger partial charge in [-0.15, -0.1) is 23.5 Å². The average molecular weight is 582 g/mol. The quantitative estimate of drug-likeness (QED) is 0.246. The minimum Gasteiger partial charge on any atom is -0.123 e.